The fraction of sp³-hybridized carbons (Fsp3) is 0.160. The highest BCUT2D eigenvalue weighted by Crippen LogP contribution is 2.45. The molecule has 0 saturated heterocycles. The maximum atomic E-state index is 2.37. The molecule has 0 atom stereocenters. The summed E-state index contributed by atoms with van der Waals surface area (Å²) in [6, 6.07) is 38.8. The van der Waals surface area contributed by atoms with Crippen LogP contribution in [0.5, 0.6) is 0 Å². The molecular formula is C50H54N4S. The monoisotopic (exact) mass is 742 g/mol. The molecule has 5 heteroatoms. The summed E-state index contributed by atoms with van der Waals surface area (Å²) in [6.45, 7) is 12.6. The molecule has 2 aliphatic heterocycles. The third-order valence-electron chi connectivity index (χ3n) is 9.90. The van der Waals surface area contributed by atoms with E-state index >= 15 is 0 Å². The minimum absolute atomic E-state index is 0. The van der Waals surface area contributed by atoms with E-state index < -0.39 is 0 Å². The summed E-state index contributed by atoms with van der Waals surface area (Å²) >= 11 is 1.85. The van der Waals surface area contributed by atoms with Crippen LogP contribution in [0.4, 0.5) is 11.4 Å². The lowest BCUT2D eigenvalue weighted by molar-refractivity contribution is -0.668. The molecule has 280 valence electrons. The van der Waals surface area contributed by atoms with Crippen molar-refractivity contribution in [1.82, 2.24) is 0 Å². The van der Waals surface area contributed by atoms with E-state index in [2.05, 4.69) is 217 Å². The first-order valence-electron chi connectivity index (χ1n) is 18.8. The zero-order chi connectivity index (χ0) is 36.6. The van der Waals surface area contributed by atoms with E-state index in [4.69, 9.17) is 0 Å². The summed E-state index contributed by atoms with van der Waals surface area (Å²) < 4.78 is 4.57. The fourth-order valence-corrected chi connectivity index (χ4v) is 8.36. The van der Waals surface area contributed by atoms with Crippen LogP contribution in [-0.2, 0) is 13.1 Å². The number of benzene rings is 4. The van der Waals surface area contributed by atoms with E-state index in [1.54, 1.807) is 0 Å². The number of pyridine rings is 2. The fourth-order valence-electron chi connectivity index (χ4n) is 7.22. The van der Waals surface area contributed by atoms with Gasteiger partial charge >= 0.3 is 0 Å². The molecule has 0 amide bonds. The van der Waals surface area contributed by atoms with E-state index in [1.165, 1.54) is 65.5 Å². The number of nitrogens with zero attached hydrogens (tertiary/aromatic N) is 4. The average Bonchev–Trinajstić information content (AvgIpc) is 3.58. The Morgan fingerprint density at radius 1 is 0.545 bits per heavy atom. The first-order valence-corrected chi connectivity index (χ1v) is 19.6. The zero-order valence-corrected chi connectivity index (χ0v) is 34.0. The number of para-hydroxylation sites is 4. The van der Waals surface area contributed by atoms with Gasteiger partial charge in [0.15, 0.2) is 12.4 Å². The lowest BCUT2D eigenvalue weighted by Gasteiger charge is -2.29. The molecule has 6 aromatic rings. The quantitative estimate of drug-likeness (QED) is 0.114. The van der Waals surface area contributed by atoms with Gasteiger partial charge in [-0.3, -0.25) is 0 Å². The van der Waals surface area contributed by atoms with Crippen molar-refractivity contribution in [3.8, 4) is 0 Å². The molecule has 0 N–H and O–H groups in total. The first-order chi connectivity index (χ1) is 26.1. The number of hydrogen-bond acceptors (Lipinski definition) is 3. The Labute approximate surface area is 333 Å². The topological polar surface area (TPSA) is 14.2 Å². The SMILES string of the molecule is CCN1C(=CC=Cc2cc[n+](CC)c3ccccc23)C=Cc2ccccc21.CCN1C(=CC=Cc2cc[n+](CC)c3ccccc23)Sc2ccccc21.[CH3-].[CH3-]. The van der Waals surface area contributed by atoms with Crippen LogP contribution in [0.3, 0.4) is 0 Å². The van der Waals surface area contributed by atoms with Gasteiger partial charge in [0.1, 0.15) is 13.1 Å². The van der Waals surface area contributed by atoms with Crippen LogP contribution < -0.4 is 18.9 Å². The van der Waals surface area contributed by atoms with Crippen LogP contribution in [0.2, 0.25) is 0 Å². The number of aromatic nitrogens is 2. The first kappa shape index (κ1) is 40.5. The highest BCUT2D eigenvalue weighted by molar-refractivity contribution is 8.03. The Bertz CT molecular complexity index is 2400. The van der Waals surface area contributed by atoms with Gasteiger partial charge in [0.05, 0.1) is 21.5 Å². The van der Waals surface area contributed by atoms with Crippen LogP contribution >= 0.6 is 11.8 Å². The predicted molar refractivity (Wildman–Crippen MR) is 241 cm³/mol. The second-order valence-electron chi connectivity index (χ2n) is 12.9. The maximum absolute atomic E-state index is 2.37. The van der Waals surface area contributed by atoms with Gasteiger partial charge in [0.2, 0.25) is 11.0 Å². The number of hydrogen-bond donors (Lipinski definition) is 0. The van der Waals surface area contributed by atoms with Crippen LogP contribution in [0.25, 0.3) is 40.0 Å². The summed E-state index contributed by atoms with van der Waals surface area (Å²) in [5.41, 5.74) is 10.1. The molecule has 0 saturated carbocycles. The molecule has 0 radical (unpaired) electrons. The number of rotatable bonds is 8. The number of anilines is 2. The van der Waals surface area contributed by atoms with Gasteiger partial charge in [-0.05, 0) is 92.9 Å². The highest BCUT2D eigenvalue weighted by Gasteiger charge is 2.22. The highest BCUT2D eigenvalue weighted by atomic mass is 32.2. The molecule has 4 aromatic carbocycles. The molecule has 0 unspecified atom stereocenters. The van der Waals surface area contributed by atoms with Gasteiger partial charge in [-0.1, -0.05) is 96.7 Å². The second-order valence-corrected chi connectivity index (χ2v) is 14.0. The number of fused-ring (bicyclic) bond motifs is 4. The number of thioether (sulfide) groups is 1. The number of aryl methyl sites for hydroxylation is 2. The van der Waals surface area contributed by atoms with Crippen molar-refractivity contribution >= 4 is 63.2 Å². The number of allylic oxidation sites excluding steroid dienone is 5. The van der Waals surface area contributed by atoms with Crippen molar-refractivity contribution in [3.05, 3.63) is 194 Å². The summed E-state index contributed by atoms with van der Waals surface area (Å²) in [7, 11) is 0. The average molecular weight is 743 g/mol. The second kappa shape index (κ2) is 19.1. The molecule has 4 nitrogen and oxygen atoms in total. The Kier molecular flexibility index (Phi) is 14.1. The lowest BCUT2D eigenvalue weighted by atomic mass is 10.1. The van der Waals surface area contributed by atoms with Gasteiger partial charge in [0.25, 0.3) is 0 Å². The zero-order valence-electron chi connectivity index (χ0n) is 33.2. The maximum Gasteiger partial charge on any atom is 0.213 e. The lowest BCUT2D eigenvalue weighted by Crippen LogP contribution is -2.32. The molecule has 0 aliphatic carbocycles. The molecule has 4 heterocycles. The predicted octanol–water partition coefficient (Wildman–Crippen LogP) is 12.1. The van der Waals surface area contributed by atoms with Crippen LogP contribution in [0, 0.1) is 14.9 Å². The van der Waals surface area contributed by atoms with Crippen LogP contribution in [0.15, 0.2) is 168 Å². The Morgan fingerprint density at radius 2 is 1.07 bits per heavy atom. The molecule has 8 rings (SSSR count). The smallest absolute Gasteiger partial charge is 0.213 e. The van der Waals surface area contributed by atoms with E-state index in [1.807, 2.05) is 11.8 Å². The molecular weight excluding hydrogens is 689 g/mol. The van der Waals surface area contributed by atoms with E-state index in [0.717, 1.165) is 26.2 Å². The van der Waals surface area contributed by atoms with Crippen molar-refractivity contribution < 1.29 is 9.13 Å². The summed E-state index contributed by atoms with van der Waals surface area (Å²) in [6.07, 6.45) is 21.9. The number of likely N-dealkylation sites (N-methyl/N-ethyl adjacent to an activating group) is 1. The van der Waals surface area contributed by atoms with E-state index in [-0.39, 0.29) is 14.9 Å². The standard InChI is InChI=1S/C25H25N2.C23H23N2S.2CH3/c1-3-26-19-18-20(23-13-6-8-15-25(23)26)11-9-12-22-17-16-21-10-5-7-14-24(21)27(22)4-2;1-3-24-17-16-18(19-11-5-6-12-20(19)24)10-9-15-23-25(4-2)21-13-7-8-14-22(21)26-23;;/h5-19H,3-4H2,1-2H3;5-17H,3-4H2,1-2H3;2*1H3/q2*+1;2*-1. The largest absolute Gasteiger partial charge is 0.358 e. The van der Waals surface area contributed by atoms with Crippen molar-refractivity contribution in [2.45, 2.75) is 45.7 Å². The van der Waals surface area contributed by atoms with Gasteiger partial charge in [0, 0.05) is 53.6 Å². The van der Waals surface area contributed by atoms with E-state index in [9.17, 15) is 0 Å². The minimum Gasteiger partial charge on any atom is -0.358 e. The molecule has 0 fully saturated rings. The van der Waals surface area contributed by atoms with Gasteiger partial charge in [-0.25, -0.2) is 0 Å². The Hall–Kier alpha value is -5.65. The van der Waals surface area contributed by atoms with Gasteiger partial charge in [-0.2, -0.15) is 9.13 Å². The van der Waals surface area contributed by atoms with Crippen molar-refractivity contribution in [2.24, 2.45) is 0 Å². The normalized spacial score (nSPS) is 14.6. The third kappa shape index (κ3) is 8.69. The molecule has 0 spiro atoms. The summed E-state index contributed by atoms with van der Waals surface area (Å²) in [5.74, 6) is 0. The Balaban J connectivity index is 0.000000204. The van der Waals surface area contributed by atoms with Gasteiger partial charge in [-0.15, -0.1) is 0 Å². The molecule has 0 bridgehead atoms. The molecule has 55 heavy (non-hydrogen) atoms. The van der Waals surface area contributed by atoms with Crippen molar-refractivity contribution in [1.29, 1.82) is 0 Å². The minimum atomic E-state index is 0. The van der Waals surface area contributed by atoms with E-state index in [0.29, 0.717) is 0 Å². The summed E-state index contributed by atoms with van der Waals surface area (Å²) in [5, 5.41) is 3.86. The van der Waals surface area contributed by atoms with Crippen LogP contribution in [-0.4, -0.2) is 13.1 Å². The molecule has 2 aromatic heterocycles. The Morgan fingerprint density at radius 3 is 1.67 bits per heavy atom. The van der Waals surface area contributed by atoms with Gasteiger partial charge < -0.3 is 24.7 Å². The van der Waals surface area contributed by atoms with Crippen molar-refractivity contribution in [2.75, 3.05) is 22.9 Å². The van der Waals surface area contributed by atoms with Crippen LogP contribution in [0.1, 0.15) is 44.4 Å². The third-order valence-corrected chi connectivity index (χ3v) is 11.0. The van der Waals surface area contributed by atoms with Crippen molar-refractivity contribution in [3.63, 3.8) is 0 Å². The summed E-state index contributed by atoms with van der Waals surface area (Å²) in [4.78, 5) is 6.06. The molecule has 2 aliphatic rings.